The van der Waals surface area contributed by atoms with Crippen molar-refractivity contribution in [1.29, 1.82) is 0 Å². The van der Waals surface area contributed by atoms with E-state index >= 15 is 0 Å². The van der Waals surface area contributed by atoms with E-state index in [1.165, 1.54) is 18.5 Å². The van der Waals surface area contributed by atoms with E-state index in [-0.39, 0.29) is 12.0 Å². The number of aliphatic imine (C=N–C) groups is 1. The number of aryl methyl sites for hydroxylation is 3. The molecule has 0 bridgehead atoms. The highest BCUT2D eigenvalue weighted by molar-refractivity contribution is 5.81. The van der Waals surface area contributed by atoms with Crippen molar-refractivity contribution in [3.63, 3.8) is 0 Å². The van der Waals surface area contributed by atoms with Crippen LogP contribution in [-0.2, 0) is 11.3 Å². The molecular formula is C20H34N6O. The summed E-state index contributed by atoms with van der Waals surface area (Å²) in [4.78, 5) is 18.9. The first kappa shape index (κ1) is 19.7. The minimum atomic E-state index is 0.274. The number of hydrogen-bond donors (Lipinski definition) is 2. The standard InChI is InChI=1S/C20H34N6O/c1-15-13-16(2)26(24-15)11-6-10-22-20(21-3)23-18-9-12-25(14-18)19(27)17-7-4-5-8-17/h13,17-18H,4-12,14H2,1-3H3,(H2,21,22,23). The normalized spacial score (nSPS) is 21.1. The SMILES string of the molecule is CN=C(NCCCn1nc(C)cc1C)NC1CCN(C(=O)C2CCCC2)C1. The first-order chi connectivity index (χ1) is 13.1. The molecular weight excluding hydrogens is 340 g/mol. The van der Waals surface area contributed by atoms with Crippen LogP contribution in [0.2, 0.25) is 0 Å². The van der Waals surface area contributed by atoms with Crippen LogP contribution in [0.5, 0.6) is 0 Å². The first-order valence-electron chi connectivity index (χ1n) is 10.3. The van der Waals surface area contributed by atoms with Crippen LogP contribution in [-0.4, -0.2) is 59.3 Å². The minimum absolute atomic E-state index is 0.274. The van der Waals surface area contributed by atoms with Gasteiger partial charge in [-0.1, -0.05) is 12.8 Å². The molecule has 150 valence electrons. The lowest BCUT2D eigenvalue weighted by Gasteiger charge is -2.21. The van der Waals surface area contributed by atoms with Crippen LogP contribution in [0.1, 0.15) is 49.9 Å². The number of rotatable bonds is 6. The second-order valence-electron chi connectivity index (χ2n) is 7.90. The van der Waals surface area contributed by atoms with Crippen molar-refractivity contribution in [3.8, 4) is 0 Å². The lowest BCUT2D eigenvalue weighted by Crippen LogP contribution is -2.45. The van der Waals surface area contributed by atoms with Crippen molar-refractivity contribution in [2.75, 3.05) is 26.7 Å². The van der Waals surface area contributed by atoms with Crippen LogP contribution < -0.4 is 10.6 Å². The number of nitrogens with zero attached hydrogens (tertiary/aromatic N) is 4. The van der Waals surface area contributed by atoms with E-state index in [0.29, 0.717) is 5.91 Å². The summed E-state index contributed by atoms with van der Waals surface area (Å²) in [6, 6.07) is 2.39. The zero-order chi connectivity index (χ0) is 19.2. The van der Waals surface area contributed by atoms with Crippen molar-refractivity contribution in [2.24, 2.45) is 10.9 Å². The molecule has 3 rings (SSSR count). The summed E-state index contributed by atoms with van der Waals surface area (Å²) >= 11 is 0. The van der Waals surface area contributed by atoms with Crippen molar-refractivity contribution in [1.82, 2.24) is 25.3 Å². The molecule has 0 radical (unpaired) electrons. The molecule has 2 heterocycles. The van der Waals surface area contributed by atoms with Crippen molar-refractivity contribution < 1.29 is 4.79 Å². The van der Waals surface area contributed by atoms with Gasteiger partial charge >= 0.3 is 0 Å². The third kappa shape index (κ3) is 5.23. The zero-order valence-electron chi connectivity index (χ0n) is 17.0. The van der Waals surface area contributed by atoms with Gasteiger partial charge in [-0.05, 0) is 45.6 Å². The van der Waals surface area contributed by atoms with Gasteiger partial charge in [0.15, 0.2) is 5.96 Å². The smallest absolute Gasteiger partial charge is 0.225 e. The van der Waals surface area contributed by atoms with E-state index in [9.17, 15) is 4.79 Å². The highest BCUT2D eigenvalue weighted by Gasteiger charge is 2.32. The Hall–Kier alpha value is -2.05. The Bertz CT molecular complexity index is 661. The van der Waals surface area contributed by atoms with Crippen molar-refractivity contribution in [3.05, 3.63) is 17.5 Å². The first-order valence-corrected chi connectivity index (χ1v) is 10.3. The predicted octanol–water partition coefficient (Wildman–Crippen LogP) is 1.85. The van der Waals surface area contributed by atoms with Gasteiger partial charge in [0.1, 0.15) is 0 Å². The molecule has 0 spiro atoms. The molecule has 7 nitrogen and oxygen atoms in total. The fraction of sp³-hybridized carbons (Fsp3) is 0.750. The third-order valence-corrected chi connectivity index (χ3v) is 5.71. The quantitative estimate of drug-likeness (QED) is 0.453. The third-order valence-electron chi connectivity index (χ3n) is 5.71. The molecule has 27 heavy (non-hydrogen) atoms. The molecule has 1 aromatic rings. The fourth-order valence-electron chi connectivity index (χ4n) is 4.23. The van der Waals surface area contributed by atoms with Gasteiger partial charge in [-0.3, -0.25) is 14.5 Å². The minimum Gasteiger partial charge on any atom is -0.356 e. The van der Waals surface area contributed by atoms with Crippen LogP contribution in [0.15, 0.2) is 11.1 Å². The molecule has 0 aromatic carbocycles. The lowest BCUT2D eigenvalue weighted by molar-refractivity contribution is -0.134. The molecule has 1 saturated carbocycles. The molecule has 1 amide bonds. The molecule has 1 aliphatic heterocycles. The number of carbonyl (C=O) groups is 1. The van der Waals surface area contributed by atoms with Crippen LogP contribution in [0.25, 0.3) is 0 Å². The molecule has 1 unspecified atom stereocenters. The second kappa shape index (κ2) is 9.24. The van der Waals surface area contributed by atoms with Crippen LogP contribution in [0.4, 0.5) is 0 Å². The molecule has 1 aliphatic carbocycles. The summed E-state index contributed by atoms with van der Waals surface area (Å²) in [5.41, 5.74) is 2.27. The maximum Gasteiger partial charge on any atom is 0.225 e. The zero-order valence-corrected chi connectivity index (χ0v) is 17.0. The fourth-order valence-corrected chi connectivity index (χ4v) is 4.23. The highest BCUT2D eigenvalue weighted by atomic mass is 16.2. The van der Waals surface area contributed by atoms with Crippen molar-refractivity contribution in [2.45, 2.75) is 65.0 Å². The number of likely N-dealkylation sites (tertiary alicyclic amines) is 1. The maximum atomic E-state index is 12.6. The number of aromatic nitrogens is 2. The van der Waals surface area contributed by atoms with E-state index in [1.807, 2.05) is 11.8 Å². The molecule has 2 N–H and O–H groups in total. The predicted molar refractivity (Wildman–Crippen MR) is 108 cm³/mol. The number of hydrogen-bond acceptors (Lipinski definition) is 3. The molecule has 1 saturated heterocycles. The molecule has 2 fully saturated rings. The number of amides is 1. The van der Waals surface area contributed by atoms with Gasteiger partial charge < -0.3 is 15.5 Å². The average molecular weight is 375 g/mol. The molecule has 2 aliphatic rings. The van der Waals surface area contributed by atoms with Gasteiger partial charge in [-0.2, -0.15) is 5.10 Å². The Labute approximate surface area is 162 Å². The largest absolute Gasteiger partial charge is 0.356 e. The van der Waals surface area contributed by atoms with Gasteiger partial charge in [0.05, 0.1) is 5.69 Å². The lowest BCUT2D eigenvalue weighted by atomic mass is 10.1. The van der Waals surface area contributed by atoms with E-state index in [2.05, 4.69) is 38.4 Å². The maximum absolute atomic E-state index is 12.6. The summed E-state index contributed by atoms with van der Waals surface area (Å²) in [5.74, 6) is 1.46. The Morgan fingerprint density at radius 2 is 2.07 bits per heavy atom. The van der Waals surface area contributed by atoms with Gasteiger partial charge in [0.25, 0.3) is 0 Å². The van der Waals surface area contributed by atoms with E-state index in [1.54, 1.807) is 7.05 Å². The Morgan fingerprint density at radius 3 is 2.74 bits per heavy atom. The highest BCUT2D eigenvalue weighted by Crippen LogP contribution is 2.27. The Morgan fingerprint density at radius 1 is 1.30 bits per heavy atom. The number of guanidine groups is 1. The average Bonchev–Trinajstić information content (AvgIpc) is 3.39. The summed E-state index contributed by atoms with van der Waals surface area (Å²) < 4.78 is 2.05. The van der Waals surface area contributed by atoms with E-state index in [4.69, 9.17) is 0 Å². The second-order valence-corrected chi connectivity index (χ2v) is 7.90. The van der Waals surface area contributed by atoms with Gasteiger partial charge in [0.2, 0.25) is 5.91 Å². The van der Waals surface area contributed by atoms with Crippen LogP contribution in [0.3, 0.4) is 0 Å². The Kier molecular flexibility index (Phi) is 6.74. The number of nitrogens with one attached hydrogen (secondary N) is 2. The summed E-state index contributed by atoms with van der Waals surface area (Å²) in [6.07, 6.45) is 6.54. The molecule has 7 heteroatoms. The Balaban J connectivity index is 1.37. The molecule has 1 aromatic heterocycles. The topological polar surface area (TPSA) is 74.6 Å². The van der Waals surface area contributed by atoms with Gasteiger partial charge in [0, 0.05) is 50.9 Å². The monoisotopic (exact) mass is 374 g/mol. The van der Waals surface area contributed by atoms with Crippen LogP contribution in [0, 0.1) is 19.8 Å². The summed E-state index contributed by atoms with van der Waals surface area (Å²) in [7, 11) is 1.80. The van der Waals surface area contributed by atoms with E-state index < -0.39 is 0 Å². The summed E-state index contributed by atoms with van der Waals surface area (Å²) in [5, 5.41) is 11.4. The van der Waals surface area contributed by atoms with Crippen LogP contribution >= 0.6 is 0 Å². The number of carbonyl (C=O) groups excluding carboxylic acids is 1. The summed E-state index contributed by atoms with van der Waals surface area (Å²) in [6.45, 7) is 7.51. The van der Waals surface area contributed by atoms with Gasteiger partial charge in [-0.25, -0.2) is 0 Å². The van der Waals surface area contributed by atoms with E-state index in [0.717, 1.165) is 63.5 Å². The van der Waals surface area contributed by atoms with Crippen molar-refractivity contribution >= 4 is 11.9 Å². The van der Waals surface area contributed by atoms with Gasteiger partial charge in [-0.15, -0.1) is 0 Å². The molecule has 1 atom stereocenters.